The Morgan fingerprint density at radius 3 is 2.80 bits per heavy atom. The summed E-state index contributed by atoms with van der Waals surface area (Å²) in [7, 11) is 0. The molecule has 3 heteroatoms. The quantitative estimate of drug-likeness (QED) is 0.897. The molecular formula is C17H24N2O. The molecule has 1 heterocycles. The van der Waals surface area contributed by atoms with E-state index in [-0.39, 0.29) is 12.1 Å². The summed E-state index contributed by atoms with van der Waals surface area (Å²) in [6, 6.07) is 8.91. The van der Waals surface area contributed by atoms with E-state index >= 15 is 0 Å². The van der Waals surface area contributed by atoms with E-state index in [1.807, 2.05) is 0 Å². The first-order valence-corrected chi connectivity index (χ1v) is 7.78. The van der Waals surface area contributed by atoms with Gasteiger partial charge < -0.3 is 4.90 Å². The van der Waals surface area contributed by atoms with Gasteiger partial charge in [-0.3, -0.25) is 10.1 Å². The SMILES string of the molecule is Cc1cccc(C2NCC(=O)N2C2CCCCC2C)c1. The Hall–Kier alpha value is -1.35. The minimum absolute atomic E-state index is 0.0629. The molecule has 108 valence electrons. The summed E-state index contributed by atoms with van der Waals surface area (Å²) in [5, 5.41) is 3.39. The topological polar surface area (TPSA) is 32.3 Å². The smallest absolute Gasteiger partial charge is 0.238 e. The number of hydrogen-bond donors (Lipinski definition) is 1. The maximum Gasteiger partial charge on any atom is 0.238 e. The van der Waals surface area contributed by atoms with E-state index in [1.54, 1.807) is 0 Å². The van der Waals surface area contributed by atoms with Crippen molar-refractivity contribution in [2.24, 2.45) is 5.92 Å². The van der Waals surface area contributed by atoms with Gasteiger partial charge in [-0.1, -0.05) is 49.6 Å². The number of carbonyl (C=O) groups is 1. The minimum atomic E-state index is 0.0629. The highest BCUT2D eigenvalue weighted by Crippen LogP contribution is 2.34. The van der Waals surface area contributed by atoms with Crippen molar-refractivity contribution in [1.82, 2.24) is 10.2 Å². The second-order valence-corrected chi connectivity index (χ2v) is 6.33. The van der Waals surface area contributed by atoms with Crippen LogP contribution in [0.25, 0.3) is 0 Å². The van der Waals surface area contributed by atoms with Crippen LogP contribution in [0.4, 0.5) is 0 Å². The zero-order valence-corrected chi connectivity index (χ0v) is 12.4. The molecule has 1 aromatic rings. The van der Waals surface area contributed by atoms with Gasteiger partial charge in [-0.2, -0.15) is 0 Å². The van der Waals surface area contributed by atoms with Crippen LogP contribution in [0.15, 0.2) is 24.3 Å². The van der Waals surface area contributed by atoms with Gasteiger partial charge in [0.1, 0.15) is 6.17 Å². The first kappa shape index (κ1) is 13.6. The summed E-state index contributed by atoms with van der Waals surface area (Å²) in [6.07, 6.45) is 5.01. The predicted molar refractivity (Wildman–Crippen MR) is 80.2 cm³/mol. The lowest BCUT2D eigenvalue weighted by atomic mass is 9.84. The Morgan fingerprint density at radius 2 is 2.05 bits per heavy atom. The Labute approximate surface area is 121 Å². The van der Waals surface area contributed by atoms with Crippen molar-refractivity contribution in [3.8, 4) is 0 Å². The van der Waals surface area contributed by atoms with Gasteiger partial charge in [0.25, 0.3) is 0 Å². The highest BCUT2D eigenvalue weighted by atomic mass is 16.2. The van der Waals surface area contributed by atoms with Crippen molar-refractivity contribution in [3.05, 3.63) is 35.4 Å². The Kier molecular flexibility index (Phi) is 3.79. The van der Waals surface area contributed by atoms with Crippen molar-refractivity contribution >= 4 is 5.91 Å². The van der Waals surface area contributed by atoms with Gasteiger partial charge in [0.2, 0.25) is 5.91 Å². The van der Waals surface area contributed by atoms with Gasteiger partial charge in [-0.15, -0.1) is 0 Å². The van der Waals surface area contributed by atoms with E-state index in [0.29, 0.717) is 18.5 Å². The van der Waals surface area contributed by atoms with E-state index in [2.05, 4.69) is 48.3 Å². The minimum Gasteiger partial charge on any atom is -0.319 e. The first-order chi connectivity index (χ1) is 9.66. The number of benzene rings is 1. The van der Waals surface area contributed by atoms with Crippen molar-refractivity contribution in [2.75, 3.05) is 6.54 Å². The van der Waals surface area contributed by atoms with Crippen LogP contribution in [0.5, 0.6) is 0 Å². The summed E-state index contributed by atoms with van der Waals surface area (Å²) in [4.78, 5) is 14.5. The van der Waals surface area contributed by atoms with Crippen molar-refractivity contribution in [2.45, 2.75) is 51.7 Å². The monoisotopic (exact) mass is 272 g/mol. The molecule has 3 unspecified atom stereocenters. The number of hydrogen-bond acceptors (Lipinski definition) is 2. The van der Waals surface area contributed by atoms with E-state index in [4.69, 9.17) is 0 Å². The number of nitrogens with zero attached hydrogens (tertiary/aromatic N) is 1. The van der Waals surface area contributed by atoms with Crippen LogP contribution in [-0.4, -0.2) is 23.4 Å². The summed E-state index contributed by atoms with van der Waals surface area (Å²) in [6.45, 7) is 4.87. The molecule has 1 saturated carbocycles. The highest BCUT2D eigenvalue weighted by Gasteiger charge is 2.39. The van der Waals surface area contributed by atoms with E-state index in [1.165, 1.54) is 30.4 Å². The molecule has 2 aliphatic rings. The molecule has 3 rings (SSSR count). The van der Waals surface area contributed by atoms with Gasteiger partial charge in [-0.05, 0) is 31.2 Å². The van der Waals surface area contributed by atoms with Crippen molar-refractivity contribution < 1.29 is 4.79 Å². The van der Waals surface area contributed by atoms with Crippen LogP contribution in [0.2, 0.25) is 0 Å². The van der Waals surface area contributed by atoms with Crippen LogP contribution in [0.1, 0.15) is 49.9 Å². The highest BCUT2D eigenvalue weighted by molar-refractivity contribution is 5.81. The van der Waals surface area contributed by atoms with E-state index in [0.717, 1.165) is 6.42 Å². The molecule has 1 N–H and O–H groups in total. The molecular weight excluding hydrogens is 248 g/mol. The average molecular weight is 272 g/mol. The van der Waals surface area contributed by atoms with Gasteiger partial charge in [-0.25, -0.2) is 0 Å². The maximum atomic E-state index is 12.4. The third-order valence-corrected chi connectivity index (χ3v) is 4.79. The lowest BCUT2D eigenvalue weighted by Crippen LogP contribution is -2.44. The number of rotatable bonds is 2. The van der Waals surface area contributed by atoms with Crippen LogP contribution in [-0.2, 0) is 4.79 Å². The summed E-state index contributed by atoms with van der Waals surface area (Å²) >= 11 is 0. The second-order valence-electron chi connectivity index (χ2n) is 6.33. The molecule has 0 bridgehead atoms. The molecule has 20 heavy (non-hydrogen) atoms. The first-order valence-electron chi connectivity index (χ1n) is 7.78. The number of nitrogens with one attached hydrogen (secondary N) is 1. The molecule has 3 atom stereocenters. The molecule has 1 amide bonds. The van der Waals surface area contributed by atoms with Gasteiger partial charge in [0.05, 0.1) is 6.54 Å². The fourth-order valence-corrected chi connectivity index (χ4v) is 3.72. The fraction of sp³-hybridized carbons (Fsp3) is 0.588. The van der Waals surface area contributed by atoms with Gasteiger partial charge >= 0.3 is 0 Å². The summed E-state index contributed by atoms with van der Waals surface area (Å²) < 4.78 is 0. The maximum absolute atomic E-state index is 12.4. The normalized spacial score (nSPS) is 30.8. The van der Waals surface area contributed by atoms with Gasteiger partial charge in [0, 0.05) is 6.04 Å². The Bertz CT molecular complexity index is 500. The zero-order chi connectivity index (χ0) is 14.1. The third-order valence-electron chi connectivity index (χ3n) is 4.79. The fourth-order valence-electron chi connectivity index (χ4n) is 3.72. The number of carbonyl (C=O) groups excluding carboxylic acids is 1. The molecule has 3 nitrogen and oxygen atoms in total. The standard InChI is InChI=1S/C17H24N2O/c1-12-6-5-8-14(10-12)17-18-11-16(20)19(17)15-9-4-3-7-13(15)2/h5-6,8,10,13,15,17-18H,3-4,7,9,11H2,1-2H3. The largest absolute Gasteiger partial charge is 0.319 e. The molecule has 0 spiro atoms. The van der Waals surface area contributed by atoms with Crippen LogP contribution < -0.4 is 5.32 Å². The number of aryl methyl sites for hydroxylation is 1. The lowest BCUT2D eigenvalue weighted by molar-refractivity contribution is -0.132. The molecule has 1 aliphatic heterocycles. The van der Waals surface area contributed by atoms with Crippen LogP contribution >= 0.6 is 0 Å². The third kappa shape index (κ3) is 2.47. The average Bonchev–Trinajstić information content (AvgIpc) is 2.81. The Balaban J connectivity index is 1.88. The molecule has 0 radical (unpaired) electrons. The van der Waals surface area contributed by atoms with E-state index < -0.39 is 0 Å². The van der Waals surface area contributed by atoms with Crippen molar-refractivity contribution in [3.63, 3.8) is 0 Å². The van der Waals surface area contributed by atoms with Crippen molar-refractivity contribution in [1.29, 1.82) is 0 Å². The molecule has 1 saturated heterocycles. The zero-order valence-electron chi connectivity index (χ0n) is 12.4. The predicted octanol–water partition coefficient (Wildman–Crippen LogP) is 3.00. The Morgan fingerprint density at radius 1 is 1.25 bits per heavy atom. The van der Waals surface area contributed by atoms with E-state index in [9.17, 15) is 4.79 Å². The van der Waals surface area contributed by atoms with Crippen LogP contribution in [0, 0.1) is 12.8 Å². The molecule has 1 aromatic carbocycles. The van der Waals surface area contributed by atoms with Gasteiger partial charge in [0.15, 0.2) is 0 Å². The lowest BCUT2D eigenvalue weighted by Gasteiger charge is -2.39. The number of amides is 1. The van der Waals surface area contributed by atoms with Crippen LogP contribution in [0.3, 0.4) is 0 Å². The summed E-state index contributed by atoms with van der Waals surface area (Å²) in [5.74, 6) is 0.871. The molecule has 0 aromatic heterocycles. The second kappa shape index (κ2) is 5.57. The molecule has 1 aliphatic carbocycles. The summed E-state index contributed by atoms with van der Waals surface area (Å²) in [5.41, 5.74) is 2.47. The molecule has 2 fully saturated rings.